The summed E-state index contributed by atoms with van der Waals surface area (Å²) >= 11 is 12.0. The van der Waals surface area contributed by atoms with Crippen LogP contribution >= 0.6 is 23.2 Å². The van der Waals surface area contributed by atoms with Crippen LogP contribution in [0, 0.1) is 0 Å². The topological polar surface area (TPSA) is 38.3 Å². The molecule has 0 aliphatic heterocycles. The standard InChI is InChI=1S/C23H21Cl2NO2/c24-19-10-8-17(9-11-19)7-4-14-26-23(27)21-15-20(25)12-13-22(21)28-16-18-5-2-1-3-6-18/h1-3,5-6,8-13,15H,4,7,14,16H2,(H,26,27). The summed E-state index contributed by atoms with van der Waals surface area (Å²) in [7, 11) is 0. The van der Waals surface area contributed by atoms with Gasteiger partial charge in [-0.15, -0.1) is 0 Å². The summed E-state index contributed by atoms with van der Waals surface area (Å²) in [6, 6.07) is 22.6. The van der Waals surface area contributed by atoms with Gasteiger partial charge in [-0.3, -0.25) is 4.79 Å². The van der Waals surface area contributed by atoms with Crippen molar-refractivity contribution in [3.63, 3.8) is 0 Å². The first-order chi connectivity index (χ1) is 13.6. The molecule has 0 spiro atoms. The zero-order valence-electron chi connectivity index (χ0n) is 15.3. The Balaban J connectivity index is 1.56. The molecule has 5 heteroatoms. The van der Waals surface area contributed by atoms with Gasteiger partial charge in [0.05, 0.1) is 5.56 Å². The number of rotatable bonds is 8. The molecule has 1 N–H and O–H groups in total. The molecule has 0 saturated carbocycles. The van der Waals surface area contributed by atoms with E-state index in [9.17, 15) is 4.79 Å². The van der Waals surface area contributed by atoms with Gasteiger partial charge in [0.2, 0.25) is 0 Å². The molecule has 28 heavy (non-hydrogen) atoms. The van der Waals surface area contributed by atoms with Gasteiger partial charge in [0.15, 0.2) is 0 Å². The monoisotopic (exact) mass is 413 g/mol. The van der Waals surface area contributed by atoms with Crippen molar-refractivity contribution in [1.82, 2.24) is 5.32 Å². The molecule has 3 rings (SSSR count). The molecule has 0 unspecified atom stereocenters. The van der Waals surface area contributed by atoms with Gasteiger partial charge in [0.1, 0.15) is 12.4 Å². The number of aryl methyl sites for hydroxylation is 1. The zero-order chi connectivity index (χ0) is 19.8. The summed E-state index contributed by atoms with van der Waals surface area (Å²) in [6.45, 7) is 0.950. The van der Waals surface area contributed by atoms with Gasteiger partial charge in [-0.1, -0.05) is 65.7 Å². The van der Waals surface area contributed by atoms with E-state index >= 15 is 0 Å². The van der Waals surface area contributed by atoms with E-state index < -0.39 is 0 Å². The van der Waals surface area contributed by atoms with Crippen LogP contribution in [0.25, 0.3) is 0 Å². The van der Waals surface area contributed by atoms with Gasteiger partial charge < -0.3 is 10.1 Å². The lowest BCUT2D eigenvalue weighted by Crippen LogP contribution is -2.25. The molecule has 144 valence electrons. The van der Waals surface area contributed by atoms with Crippen LogP contribution in [0.4, 0.5) is 0 Å². The second-order valence-corrected chi connectivity index (χ2v) is 7.27. The molecule has 0 fully saturated rings. The molecule has 0 aliphatic carbocycles. The first-order valence-corrected chi connectivity index (χ1v) is 9.86. The minimum Gasteiger partial charge on any atom is -0.488 e. The van der Waals surface area contributed by atoms with Crippen LogP contribution in [0.1, 0.15) is 27.9 Å². The van der Waals surface area contributed by atoms with Crippen molar-refractivity contribution >= 4 is 29.1 Å². The van der Waals surface area contributed by atoms with E-state index in [4.69, 9.17) is 27.9 Å². The Bertz CT molecular complexity index is 912. The molecule has 1 amide bonds. The van der Waals surface area contributed by atoms with Crippen molar-refractivity contribution in [1.29, 1.82) is 0 Å². The fraction of sp³-hybridized carbons (Fsp3) is 0.174. The zero-order valence-corrected chi connectivity index (χ0v) is 16.8. The maximum Gasteiger partial charge on any atom is 0.255 e. The SMILES string of the molecule is O=C(NCCCc1ccc(Cl)cc1)c1cc(Cl)ccc1OCc1ccccc1. The summed E-state index contributed by atoms with van der Waals surface area (Å²) in [5, 5.41) is 4.16. The molecule has 0 radical (unpaired) electrons. The first-order valence-electron chi connectivity index (χ1n) is 9.11. The smallest absolute Gasteiger partial charge is 0.255 e. The van der Waals surface area contributed by atoms with Crippen molar-refractivity contribution in [3.05, 3.63) is 99.5 Å². The fourth-order valence-electron chi connectivity index (χ4n) is 2.78. The third-order valence-corrected chi connectivity index (χ3v) is 4.75. The number of benzene rings is 3. The Morgan fingerprint density at radius 2 is 1.57 bits per heavy atom. The summed E-state index contributed by atoms with van der Waals surface area (Å²) in [6.07, 6.45) is 1.69. The number of amides is 1. The third kappa shape index (κ3) is 6.01. The molecule has 0 heterocycles. The highest BCUT2D eigenvalue weighted by molar-refractivity contribution is 6.31. The Kier molecular flexibility index (Phi) is 7.35. The number of ether oxygens (including phenoxy) is 1. The highest BCUT2D eigenvalue weighted by atomic mass is 35.5. The number of carbonyl (C=O) groups is 1. The van der Waals surface area contributed by atoms with Crippen molar-refractivity contribution in [3.8, 4) is 5.75 Å². The average Bonchev–Trinajstić information content (AvgIpc) is 2.72. The van der Waals surface area contributed by atoms with Gasteiger partial charge in [-0.25, -0.2) is 0 Å². The second kappa shape index (κ2) is 10.2. The normalized spacial score (nSPS) is 10.5. The number of hydrogen-bond acceptors (Lipinski definition) is 2. The number of carbonyl (C=O) groups excluding carboxylic acids is 1. The minimum absolute atomic E-state index is 0.193. The Hall–Kier alpha value is -2.49. The van der Waals surface area contributed by atoms with Crippen LogP contribution in [0.5, 0.6) is 5.75 Å². The number of nitrogens with one attached hydrogen (secondary N) is 1. The van der Waals surface area contributed by atoms with Crippen LogP contribution in [-0.4, -0.2) is 12.5 Å². The highest BCUT2D eigenvalue weighted by Gasteiger charge is 2.13. The van der Waals surface area contributed by atoms with Gasteiger partial charge >= 0.3 is 0 Å². The molecular weight excluding hydrogens is 393 g/mol. The van der Waals surface area contributed by atoms with Crippen molar-refractivity contribution in [2.45, 2.75) is 19.4 Å². The van der Waals surface area contributed by atoms with Gasteiger partial charge in [0, 0.05) is 16.6 Å². The van der Waals surface area contributed by atoms with Crippen LogP contribution in [0.15, 0.2) is 72.8 Å². The summed E-state index contributed by atoms with van der Waals surface area (Å²) in [4.78, 5) is 12.6. The molecule has 0 atom stereocenters. The lowest BCUT2D eigenvalue weighted by Gasteiger charge is -2.12. The largest absolute Gasteiger partial charge is 0.488 e. The maximum absolute atomic E-state index is 12.6. The molecule has 0 aliphatic rings. The van der Waals surface area contributed by atoms with Gasteiger partial charge in [0.25, 0.3) is 5.91 Å². The maximum atomic E-state index is 12.6. The van der Waals surface area contributed by atoms with Gasteiger partial charge in [-0.2, -0.15) is 0 Å². The summed E-state index contributed by atoms with van der Waals surface area (Å²) in [5.41, 5.74) is 2.66. The lowest BCUT2D eigenvalue weighted by atomic mass is 10.1. The molecular formula is C23H21Cl2NO2. The van der Waals surface area contributed by atoms with Crippen LogP contribution in [0.3, 0.4) is 0 Å². The first kappa shape index (κ1) is 20.2. The van der Waals surface area contributed by atoms with Crippen LogP contribution in [0.2, 0.25) is 10.0 Å². The van der Waals surface area contributed by atoms with Crippen LogP contribution in [-0.2, 0) is 13.0 Å². The average molecular weight is 414 g/mol. The van der Waals surface area contributed by atoms with Gasteiger partial charge in [-0.05, 0) is 54.3 Å². The molecule has 0 aromatic heterocycles. The van der Waals surface area contributed by atoms with E-state index in [0.29, 0.717) is 29.5 Å². The predicted molar refractivity (Wildman–Crippen MR) is 114 cm³/mol. The van der Waals surface area contributed by atoms with E-state index in [1.807, 2.05) is 54.6 Å². The van der Waals surface area contributed by atoms with Crippen molar-refractivity contribution < 1.29 is 9.53 Å². The van der Waals surface area contributed by atoms with Crippen LogP contribution < -0.4 is 10.1 Å². The van der Waals surface area contributed by atoms with E-state index in [1.54, 1.807) is 18.2 Å². The Labute approximate surface area is 175 Å². The molecule has 3 nitrogen and oxygen atoms in total. The number of hydrogen-bond donors (Lipinski definition) is 1. The Morgan fingerprint density at radius 3 is 2.32 bits per heavy atom. The second-order valence-electron chi connectivity index (χ2n) is 6.40. The molecule has 0 saturated heterocycles. The predicted octanol–water partition coefficient (Wildman–Crippen LogP) is 5.94. The third-order valence-electron chi connectivity index (χ3n) is 4.26. The molecule has 0 bridgehead atoms. The fourth-order valence-corrected chi connectivity index (χ4v) is 3.08. The van der Waals surface area contributed by atoms with Crippen molar-refractivity contribution in [2.75, 3.05) is 6.54 Å². The number of halogens is 2. The molecule has 3 aromatic carbocycles. The van der Waals surface area contributed by atoms with E-state index in [-0.39, 0.29) is 5.91 Å². The van der Waals surface area contributed by atoms with E-state index in [2.05, 4.69) is 5.32 Å². The summed E-state index contributed by atoms with van der Waals surface area (Å²) in [5.74, 6) is 0.324. The lowest BCUT2D eigenvalue weighted by molar-refractivity contribution is 0.0948. The van der Waals surface area contributed by atoms with Crippen molar-refractivity contribution in [2.24, 2.45) is 0 Å². The van der Waals surface area contributed by atoms with E-state index in [0.717, 1.165) is 23.4 Å². The van der Waals surface area contributed by atoms with E-state index in [1.165, 1.54) is 5.56 Å². The quantitative estimate of drug-likeness (QED) is 0.464. The highest BCUT2D eigenvalue weighted by Crippen LogP contribution is 2.24. The molecule has 3 aromatic rings. The Morgan fingerprint density at radius 1 is 0.857 bits per heavy atom. The summed E-state index contributed by atoms with van der Waals surface area (Å²) < 4.78 is 5.85. The minimum atomic E-state index is -0.193.